The van der Waals surface area contributed by atoms with Gasteiger partial charge in [0.2, 0.25) is 0 Å². The number of benzene rings is 1. The first kappa shape index (κ1) is 12.6. The average molecular weight is 223 g/mol. The van der Waals surface area contributed by atoms with Crippen LogP contribution in [0.2, 0.25) is 0 Å². The Hall–Kier alpha value is -1.51. The molecule has 1 amide bonds. The first-order valence-electron chi connectivity index (χ1n) is 5.70. The third kappa shape index (κ3) is 4.82. The molecule has 1 unspecified atom stereocenters. The van der Waals surface area contributed by atoms with Gasteiger partial charge >= 0.3 is 6.09 Å². The van der Waals surface area contributed by atoms with Gasteiger partial charge in [-0.15, -0.1) is 0 Å². The lowest BCUT2D eigenvalue weighted by atomic mass is 10.1. The van der Waals surface area contributed by atoms with Gasteiger partial charge in [0.25, 0.3) is 0 Å². The van der Waals surface area contributed by atoms with Crippen LogP contribution in [-0.4, -0.2) is 18.7 Å². The topological polar surface area (TPSA) is 38.3 Å². The number of carbonyl (C=O) groups is 1. The molecule has 0 heterocycles. The summed E-state index contributed by atoms with van der Waals surface area (Å²) in [6.07, 6.45) is 1.32. The van der Waals surface area contributed by atoms with Crippen LogP contribution >= 0.6 is 0 Å². The van der Waals surface area contributed by atoms with Crippen molar-refractivity contribution in [2.75, 3.05) is 6.54 Å². The summed E-state index contributed by atoms with van der Waals surface area (Å²) < 4.78 is 5.09. The summed E-state index contributed by atoms with van der Waals surface area (Å²) in [5, 5.41) is 2.74. The van der Waals surface area contributed by atoms with E-state index in [1.807, 2.05) is 44.2 Å². The zero-order valence-electron chi connectivity index (χ0n) is 9.90. The Morgan fingerprint density at radius 3 is 2.75 bits per heavy atom. The van der Waals surface area contributed by atoms with Crippen molar-refractivity contribution in [3.05, 3.63) is 35.9 Å². The van der Waals surface area contributed by atoms with E-state index in [1.165, 1.54) is 5.56 Å². The third-order valence-corrected chi connectivity index (χ3v) is 2.41. The Kier molecular flexibility index (Phi) is 5.40. The summed E-state index contributed by atoms with van der Waals surface area (Å²) >= 11 is 0. The molecule has 0 aliphatic heterocycles. The molecule has 3 heteroatoms. The first-order chi connectivity index (χ1) is 7.72. The fraction of sp³-hybridized carbons (Fsp3) is 0.462. The summed E-state index contributed by atoms with van der Waals surface area (Å²) in [6, 6.07) is 10.1. The lowest BCUT2D eigenvalue weighted by Crippen LogP contribution is -2.29. The predicted molar refractivity (Wildman–Crippen MR) is 66.5 cm³/mol. The number of nitrogens with one attached hydrogen (secondary N) is 1. The third-order valence-electron chi connectivity index (χ3n) is 2.41. The second kappa shape index (κ2) is 6.88. The van der Waals surface area contributed by atoms with Crippen LogP contribution in [0.5, 0.6) is 0 Å². The molecule has 1 aromatic rings. The molecule has 1 N–H and O–H groups in total. The van der Waals surface area contributed by atoms with Gasteiger partial charge in [-0.1, -0.05) is 37.3 Å². The van der Waals surface area contributed by atoms with Crippen molar-refractivity contribution in [1.29, 1.82) is 0 Å². The maximum absolute atomic E-state index is 11.3. The molecular formula is C13H21NO2. The van der Waals surface area contributed by atoms with E-state index in [0.29, 0.717) is 6.54 Å². The van der Waals surface area contributed by atoms with E-state index in [-0.39, 0.29) is 13.6 Å². The number of hydrogen-bond acceptors (Lipinski definition) is 2. The van der Waals surface area contributed by atoms with Crippen LogP contribution in [0.25, 0.3) is 0 Å². The summed E-state index contributed by atoms with van der Waals surface area (Å²) in [5.74, 6) is 0. The molecule has 1 rings (SSSR count). The van der Waals surface area contributed by atoms with Crippen molar-refractivity contribution in [1.82, 2.24) is 5.32 Å². The minimum atomic E-state index is -0.328. The predicted octanol–water partition coefficient (Wildman–Crippen LogP) is 3.00. The smallest absolute Gasteiger partial charge is 0.407 e. The molecule has 0 aliphatic rings. The molecule has 0 fully saturated rings. The molecule has 0 aliphatic carbocycles. The van der Waals surface area contributed by atoms with Gasteiger partial charge in [-0.3, -0.25) is 0 Å². The molecule has 0 radical (unpaired) electrons. The fourth-order valence-corrected chi connectivity index (χ4v) is 1.26. The number of hydrogen-bond donors (Lipinski definition) is 1. The Morgan fingerprint density at radius 1 is 1.44 bits per heavy atom. The molecule has 1 atom stereocenters. The fourth-order valence-electron chi connectivity index (χ4n) is 1.26. The minimum absolute atomic E-state index is 0. The molecule has 3 nitrogen and oxygen atoms in total. The zero-order chi connectivity index (χ0) is 11.8. The molecule has 0 bridgehead atoms. The van der Waals surface area contributed by atoms with Crippen molar-refractivity contribution in [2.24, 2.45) is 0 Å². The molecule has 90 valence electrons. The molecule has 16 heavy (non-hydrogen) atoms. The van der Waals surface area contributed by atoms with Crippen LogP contribution < -0.4 is 5.32 Å². The largest absolute Gasteiger partial charge is 0.447 e. The zero-order valence-corrected chi connectivity index (χ0v) is 9.90. The molecule has 0 saturated heterocycles. The highest BCUT2D eigenvalue weighted by Crippen LogP contribution is 1.99. The number of amides is 1. The Balaban J connectivity index is 0.00000256. The maximum Gasteiger partial charge on any atom is 0.407 e. The number of alkyl carbamates (subject to hydrolysis) is 1. The number of rotatable bonds is 5. The molecule has 0 spiro atoms. The lowest BCUT2D eigenvalue weighted by Gasteiger charge is -2.11. The van der Waals surface area contributed by atoms with E-state index >= 15 is 0 Å². The van der Waals surface area contributed by atoms with E-state index in [0.717, 1.165) is 12.8 Å². The van der Waals surface area contributed by atoms with Crippen molar-refractivity contribution >= 4 is 6.09 Å². The molecule has 0 aromatic heterocycles. The molecular weight excluding hydrogens is 202 g/mol. The van der Waals surface area contributed by atoms with Gasteiger partial charge in [0.1, 0.15) is 6.10 Å². The van der Waals surface area contributed by atoms with E-state index in [9.17, 15) is 4.79 Å². The number of ether oxygens (including phenoxy) is 1. The van der Waals surface area contributed by atoms with Crippen LogP contribution in [-0.2, 0) is 11.2 Å². The number of carbonyl (C=O) groups excluding carboxylic acids is 1. The second-order valence-corrected chi connectivity index (χ2v) is 3.79. The van der Waals surface area contributed by atoms with E-state index in [1.54, 1.807) is 0 Å². The monoisotopic (exact) mass is 223 g/mol. The maximum atomic E-state index is 11.3. The normalized spacial score (nSPS) is 11.9. The van der Waals surface area contributed by atoms with Gasteiger partial charge in [0.15, 0.2) is 0 Å². The van der Waals surface area contributed by atoms with Crippen LogP contribution in [0.1, 0.15) is 27.3 Å². The first-order valence-corrected chi connectivity index (χ1v) is 5.70. The van der Waals surface area contributed by atoms with Crippen molar-refractivity contribution in [3.63, 3.8) is 0 Å². The van der Waals surface area contributed by atoms with Crippen LogP contribution in [0.15, 0.2) is 30.3 Å². The van der Waals surface area contributed by atoms with Crippen molar-refractivity contribution in [3.8, 4) is 0 Å². The quantitative estimate of drug-likeness (QED) is 0.833. The van der Waals surface area contributed by atoms with Gasteiger partial charge < -0.3 is 10.1 Å². The minimum Gasteiger partial charge on any atom is -0.447 e. The molecule has 0 saturated carbocycles. The lowest BCUT2D eigenvalue weighted by molar-refractivity contribution is 0.105. The van der Waals surface area contributed by atoms with Crippen LogP contribution in [0, 0.1) is 0 Å². The highest BCUT2D eigenvalue weighted by molar-refractivity contribution is 5.67. The SMILES string of the molecule is CCC(C)OC(=O)NCCc1ccccc1.[HH]. The standard InChI is InChI=1S/C13H19NO2.H2/c1-3-11(2)16-13(15)14-10-9-12-7-5-4-6-8-12;/h4-8,11H,3,9-10H2,1-2H3,(H,14,15);1H. The van der Waals surface area contributed by atoms with Gasteiger partial charge in [-0.2, -0.15) is 0 Å². The van der Waals surface area contributed by atoms with Gasteiger partial charge in [-0.25, -0.2) is 4.79 Å². The Morgan fingerprint density at radius 2 is 2.12 bits per heavy atom. The molecule has 1 aromatic carbocycles. The second-order valence-electron chi connectivity index (χ2n) is 3.79. The van der Waals surface area contributed by atoms with E-state index < -0.39 is 0 Å². The van der Waals surface area contributed by atoms with E-state index in [4.69, 9.17) is 4.74 Å². The van der Waals surface area contributed by atoms with Crippen molar-refractivity contribution in [2.45, 2.75) is 32.8 Å². The summed E-state index contributed by atoms with van der Waals surface area (Å²) in [6.45, 7) is 4.48. The van der Waals surface area contributed by atoms with Gasteiger partial charge in [0.05, 0.1) is 0 Å². The highest BCUT2D eigenvalue weighted by Gasteiger charge is 2.05. The van der Waals surface area contributed by atoms with Crippen LogP contribution in [0.3, 0.4) is 0 Å². The van der Waals surface area contributed by atoms with Gasteiger partial charge in [0, 0.05) is 7.97 Å². The van der Waals surface area contributed by atoms with Crippen molar-refractivity contribution < 1.29 is 11.0 Å². The summed E-state index contributed by atoms with van der Waals surface area (Å²) in [5.41, 5.74) is 1.21. The van der Waals surface area contributed by atoms with E-state index in [2.05, 4.69) is 5.32 Å². The Labute approximate surface area is 98.3 Å². The highest BCUT2D eigenvalue weighted by atomic mass is 16.6. The summed E-state index contributed by atoms with van der Waals surface area (Å²) in [4.78, 5) is 11.3. The average Bonchev–Trinajstić information content (AvgIpc) is 2.30. The Bertz CT molecular complexity index is 316. The van der Waals surface area contributed by atoms with Crippen LogP contribution in [0.4, 0.5) is 4.79 Å². The summed E-state index contributed by atoms with van der Waals surface area (Å²) in [7, 11) is 0. The van der Waals surface area contributed by atoms with Gasteiger partial charge in [-0.05, 0) is 25.3 Å².